The number of hydrogen-bond donors (Lipinski definition) is 1. The Kier molecular flexibility index (Phi) is 4.37. The summed E-state index contributed by atoms with van der Waals surface area (Å²) in [7, 11) is 0. The second kappa shape index (κ2) is 6.44. The minimum atomic E-state index is -1.00. The molecule has 3 aromatic rings. The van der Waals surface area contributed by atoms with Gasteiger partial charge in [-0.05, 0) is 48.0 Å². The SMILES string of the molecule is O=C(O)c1ccc(-c2cccnc2)n1Cc1cc(Cl)ccc1Cl. The number of aromatic carboxylic acids is 1. The van der Waals surface area contributed by atoms with E-state index in [-0.39, 0.29) is 5.69 Å². The second-order valence-electron chi connectivity index (χ2n) is 4.97. The molecule has 2 aromatic heterocycles. The molecule has 3 rings (SSSR count). The van der Waals surface area contributed by atoms with E-state index in [9.17, 15) is 9.90 Å². The predicted octanol–water partition coefficient (Wildman–Crippen LogP) is 4.60. The third kappa shape index (κ3) is 3.23. The quantitative estimate of drug-likeness (QED) is 0.750. The molecule has 0 bridgehead atoms. The number of carboxylic acids is 1. The molecule has 1 N–H and O–H groups in total. The van der Waals surface area contributed by atoms with E-state index in [1.165, 1.54) is 0 Å². The Morgan fingerprint density at radius 1 is 1.17 bits per heavy atom. The van der Waals surface area contributed by atoms with Gasteiger partial charge in [-0.25, -0.2) is 4.79 Å². The van der Waals surface area contributed by atoms with Crippen LogP contribution in [0.4, 0.5) is 0 Å². The standard InChI is InChI=1S/C17H12Cl2N2O2/c18-13-3-4-14(19)12(8-13)10-21-15(5-6-16(21)17(22)23)11-2-1-7-20-9-11/h1-9H,10H2,(H,22,23). The van der Waals surface area contributed by atoms with Gasteiger partial charge in [0, 0.05) is 34.5 Å². The second-order valence-corrected chi connectivity index (χ2v) is 5.82. The first-order valence-electron chi connectivity index (χ1n) is 6.83. The lowest BCUT2D eigenvalue weighted by Gasteiger charge is -2.13. The number of hydrogen-bond acceptors (Lipinski definition) is 2. The summed E-state index contributed by atoms with van der Waals surface area (Å²) in [6.07, 6.45) is 3.36. The summed E-state index contributed by atoms with van der Waals surface area (Å²) in [6, 6.07) is 12.2. The highest BCUT2D eigenvalue weighted by atomic mass is 35.5. The zero-order valence-electron chi connectivity index (χ0n) is 11.9. The van der Waals surface area contributed by atoms with E-state index in [0.717, 1.165) is 16.8 Å². The van der Waals surface area contributed by atoms with E-state index in [1.54, 1.807) is 53.4 Å². The maximum Gasteiger partial charge on any atom is 0.352 e. The molecule has 23 heavy (non-hydrogen) atoms. The van der Waals surface area contributed by atoms with Gasteiger partial charge in [0.1, 0.15) is 5.69 Å². The lowest BCUT2D eigenvalue weighted by atomic mass is 10.2. The van der Waals surface area contributed by atoms with Crippen LogP contribution < -0.4 is 0 Å². The Hall–Kier alpha value is -2.30. The molecule has 0 aliphatic carbocycles. The first-order chi connectivity index (χ1) is 11.1. The van der Waals surface area contributed by atoms with Crippen molar-refractivity contribution < 1.29 is 9.90 Å². The summed E-state index contributed by atoms with van der Waals surface area (Å²) >= 11 is 12.2. The first kappa shape index (κ1) is 15.6. The molecule has 0 fully saturated rings. The number of benzene rings is 1. The van der Waals surface area contributed by atoms with E-state index in [4.69, 9.17) is 23.2 Å². The van der Waals surface area contributed by atoms with Crippen molar-refractivity contribution in [3.8, 4) is 11.3 Å². The predicted molar refractivity (Wildman–Crippen MR) is 90.2 cm³/mol. The molecule has 4 nitrogen and oxygen atoms in total. The highest BCUT2D eigenvalue weighted by Crippen LogP contribution is 2.27. The summed E-state index contributed by atoms with van der Waals surface area (Å²) in [5.74, 6) is -1.00. The van der Waals surface area contributed by atoms with Crippen LogP contribution in [0.2, 0.25) is 10.0 Å². The first-order valence-corrected chi connectivity index (χ1v) is 7.59. The third-order valence-electron chi connectivity index (χ3n) is 3.49. The van der Waals surface area contributed by atoms with Gasteiger partial charge in [0.15, 0.2) is 0 Å². The zero-order chi connectivity index (χ0) is 16.4. The summed E-state index contributed by atoms with van der Waals surface area (Å²) in [6.45, 7) is 0.304. The molecular weight excluding hydrogens is 335 g/mol. The molecule has 0 aliphatic heterocycles. The van der Waals surface area contributed by atoms with Crippen molar-refractivity contribution in [1.82, 2.24) is 9.55 Å². The molecule has 0 spiro atoms. The number of carboxylic acid groups (broad SMARTS) is 1. The molecule has 0 radical (unpaired) electrons. The van der Waals surface area contributed by atoms with Gasteiger partial charge in [-0.3, -0.25) is 4.98 Å². The van der Waals surface area contributed by atoms with E-state index in [2.05, 4.69) is 4.98 Å². The van der Waals surface area contributed by atoms with Crippen LogP contribution in [0.5, 0.6) is 0 Å². The minimum absolute atomic E-state index is 0.180. The molecule has 6 heteroatoms. The normalized spacial score (nSPS) is 10.7. The number of carbonyl (C=O) groups is 1. The fourth-order valence-electron chi connectivity index (χ4n) is 2.43. The molecule has 116 valence electrons. The van der Waals surface area contributed by atoms with Gasteiger partial charge in [0.2, 0.25) is 0 Å². The average Bonchev–Trinajstić information content (AvgIpc) is 2.95. The Bertz CT molecular complexity index is 860. The molecule has 1 aromatic carbocycles. The Morgan fingerprint density at radius 3 is 2.70 bits per heavy atom. The highest BCUT2D eigenvalue weighted by Gasteiger charge is 2.16. The summed E-state index contributed by atoms with van der Waals surface area (Å²) < 4.78 is 1.69. The number of rotatable bonds is 4. The smallest absolute Gasteiger partial charge is 0.352 e. The lowest BCUT2D eigenvalue weighted by molar-refractivity contribution is 0.0686. The maximum atomic E-state index is 11.5. The zero-order valence-corrected chi connectivity index (χ0v) is 13.4. The van der Waals surface area contributed by atoms with Crippen LogP contribution in [0.3, 0.4) is 0 Å². The van der Waals surface area contributed by atoms with Crippen molar-refractivity contribution in [2.75, 3.05) is 0 Å². The number of aromatic nitrogens is 2. The fraction of sp³-hybridized carbons (Fsp3) is 0.0588. The van der Waals surface area contributed by atoms with Gasteiger partial charge in [0.05, 0.1) is 5.69 Å². The molecule has 0 amide bonds. The van der Waals surface area contributed by atoms with Gasteiger partial charge in [-0.2, -0.15) is 0 Å². The van der Waals surface area contributed by atoms with Crippen LogP contribution in [-0.2, 0) is 6.54 Å². The molecule has 0 aliphatic rings. The molecule has 0 atom stereocenters. The Morgan fingerprint density at radius 2 is 2.00 bits per heavy atom. The molecule has 0 saturated carbocycles. The minimum Gasteiger partial charge on any atom is -0.477 e. The summed E-state index contributed by atoms with van der Waals surface area (Å²) in [5, 5.41) is 10.5. The van der Waals surface area contributed by atoms with Gasteiger partial charge >= 0.3 is 5.97 Å². The van der Waals surface area contributed by atoms with Crippen LogP contribution in [0.25, 0.3) is 11.3 Å². The summed E-state index contributed by atoms with van der Waals surface area (Å²) in [4.78, 5) is 15.6. The van der Waals surface area contributed by atoms with Crippen LogP contribution >= 0.6 is 23.2 Å². The largest absolute Gasteiger partial charge is 0.477 e. The highest BCUT2D eigenvalue weighted by molar-refractivity contribution is 6.33. The molecule has 0 saturated heterocycles. The number of halogens is 2. The van der Waals surface area contributed by atoms with Gasteiger partial charge in [-0.1, -0.05) is 23.2 Å². The van der Waals surface area contributed by atoms with Gasteiger partial charge in [0.25, 0.3) is 0 Å². The van der Waals surface area contributed by atoms with E-state index >= 15 is 0 Å². The van der Waals surface area contributed by atoms with E-state index < -0.39 is 5.97 Å². The van der Waals surface area contributed by atoms with Crippen molar-refractivity contribution in [1.29, 1.82) is 0 Å². The van der Waals surface area contributed by atoms with Crippen LogP contribution in [0.1, 0.15) is 16.1 Å². The van der Waals surface area contributed by atoms with Crippen molar-refractivity contribution in [3.05, 3.63) is 76.2 Å². The molecule has 2 heterocycles. The van der Waals surface area contributed by atoms with Crippen LogP contribution in [0.15, 0.2) is 54.9 Å². The fourth-order valence-corrected chi connectivity index (χ4v) is 2.80. The van der Waals surface area contributed by atoms with Crippen molar-refractivity contribution >= 4 is 29.2 Å². The van der Waals surface area contributed by atoms with Gasteiger partial charge < -0.3 is 9.67 Å². The maximum absolute atomic E-state index is 11.5. The Balaban J connectivity index is 2.11. The van der Waals surface area contributed by atoms with Crippen molar-refractivity contribution in [2.45, 2.75) is 6.54 Å². The van der Waals surface area contributed by atoms with Crippen LogP contribution in [0, 0.1) is 0 Å². The molecular formula is C17H12Cl2N2O2. The van der Waals surface area contributed by atoms with Crippen molar-refractivity contribution in [2.24, 2.45) is 0 Å². The van der Waals surface area contributed by atoms with Crippen molar-refractivity contribution in [3.63, 3.8) is 0 Å². The van der Waals surface area contributed by atoms with Crippen LogP contribution in [-0.4, -0.2) is 20.6 Å². The average molecular weight is 347 g/mol. The monoisotopic (exact) mass is 346 g/mol. The van der Waals surface area contributed by atoms with Gasteiger partial charge in [-0.15, -0.1) is 0 Å². The lowest BCUT2D eigenvalue weighted by Crippen LogP contribution is -2.11. The number of nitrogens with zero attached hydrogens (tertiary/aromatic N) is 2. The number of pyridine rings is 1. The Labute approximate surface area is 142 Å². The molecule has 0 unspecified atom stereocenters. The topological polar surface area (TPSA) is 55.1 Å². The summed E-state index contributed by atoms with van der Waals surface area (Å²) in [5.41, 5.74) is 2.52. The third-order valence-corrected chi connectivity index (χ3v) is 4.10. The van der Waals surface area contributed by atoms with E-state index in [1.807, 2.05) is 6.07 Å². The van der Waals surface area contributed by atoms with E-state index in [0.29, 0.717) is 16.6 Å².